The zero-order chi connectivity index (χ0) is 17.3. The van der Waals surface area contributed by atoms with E-state index in [1.165, 1.54) is 0 Å². The predicted octanol–water partition coefficient (Wildman–Crippen LogP) is -4.01. The second kappa shape index (κ2) is 7.34. The van der Waals surface area contributed by atoms with Crippen molar-refractivity contribution in [1.82, 2.24) is 0 Å². The molecular formula is C12H20O11. The molecule has 11 nitrogen and oxygen atoms in total. The first kappa shape index (κ1) is 18.4. The van der Waals surface area contributed by atoms with Gasteiger partial charge in [0.05, 0.1) is 6.61 Å². The standard InChI is InChI=1S/C12H20O11/c1-20-7-5(15)6(16)12(23-9(7)10(17)18)22-8-4(14)3(13)2-21-11(8)19/h3-9,11-16,19H,2H2,1H3,(H,17,18)/t3-,4+,5-,6-,7+,8-,9+,11-,12+/m1/s1. The van der Waals surface area contributed by atoms with Crippen molar-refractivity contribution < 1.29 is 54.4 Å². The Morgan fingerprint density at radius 1 is 1.04 bits per heavy atom. The van der Waals surface area contributed by atoms with Crippen LogP contribution in [-0.4, -0.2) is 106 Å². The molecule has 2 heterocycles. The van der Waals surface area contributed by atoms with Crippen LogP contribution in [0.4, 0.5) is 0 Å². The lowest BCUT2D eigenvalue weighted by Gasteiger charge is -2.43. The number of hydrogen-bond acceptors (Lipinski definition) is 10. The van der Waals surface area contributed by atoms with E-state index in [2.05, 4.69) is 0 Å². The normalized spacial score (nSPS) is 48.2. The van der Waals surface area contributed by atoms with Crippen molar-refractivity contribution in [3.8, 4) is 0 Å². The fourth-order valence-electron chi connectivity index (χ4n) is 2.49. The van der Waals surface area contributed by atoms with Crippen LogP contribution in [0.5, 0.6) is 0 Å². The molecule has 6 N–H and O–H groups in total. The SMILES string of the molecule is CO[C@H]1[C@H](O)[C@@H](O)[C@@H](O[C@@H]2[C@@H](O)[C@H](O)CO[C@H]2O)O[C@@H]1C(=O)O. The van der Waals surface area contributed by atoms with Crippen molar-refractivity contribution in [2.75, 3.05) is 13.7 Å². The maximum absolute atomic E-state index is 11.2. The van der Waals surface area contributed by atoms with E-state index in [9.17, 15) is 30.3 Å². The van der Waals surface area contributed by atoms with E-state index in [4.69, 9.17) is 24.1 Å². The Labute approximate surface area is 130 Å². The van der Waals surface area contributed by atoms with Crippen molar-refractivity contribution in [2.24, 2.45) is 0 Å². The molecule has 2 fully saturated rings. The number of ether oxygens (including phenoxy) is 4. The Bertz CT molecular complexity index is 418. The number of rotatable bonds is 4. The van der Waals surface area contributed by atoms with Gasteiger partial charge < -0.3 is 49.6 Å². The quantitative estimate of drug-likeness (QED) is 0.294. The Kier molecular flexibility index (Phi) is 5.89. The average Bonchev–Trinajstić information content (AvgIpc) is 2.51. The molecule has 0 unspecified atom stereocenters. The second-order valence-corrected chi connectivity index (χ2v) is 5.33. The topological polar surface area (TPSA) is 175 Å². The molecule has 0 radical (unpaired) electrons. The summed E-state index contributed by atoms with van der Waals surface area (Å²) in [6.07, 6.45) is -14.1. The van der Waals surface area contributed by atoms with Gasteiger partial charge in [0, 0.05) is 7.11 Å². The summed E-state index contributed by atoms with van der Waals surface area (Å²) >= 11 is 0. The molecule has 0 aromatic rings. The predicted molar refractivity (Wildman–Crippen MR) is 68.0 cm³/mol. The number of hydrogen-bond donors (Lipinski definition) is 6. The zero-order valence-electron chi connectivity index (χ0n) is 12.1. The number of carbonyl (C=O) groups is 1. The van der Waals surface area contributed by atoms with Crippen LogP contribution < -0.4 is 0 Å². The Morgan fingerprint density at radius 3 is 2.26 bits per heavy atom. The van der Waals surface area contributed by atoms with E-state index in [-0.39, 0.29) is 6.61 Å². The van der Waals surface area contributed by atoms with Gasteiger partial charge in [-0.3, -0.25) is 0 Å². The molecule has 2 rings (SSSR count). The zero-order valence-corrected chi connectivity index (χ0v) is 12.1. The lowest BCUT2D eigenvalue weighted by atomic mass is 9.98. The molecule has 9 atom stereocenters. The highest BCUT2D eigenvalue weighted by Gasteiger charge is 2.51. The molecule has 2 saturated heterocycles. The van der Waals surface area contributed by atoms with Crippen molar-refractivity contribution in [3.63, 3.8) is 0 Å². The minimum absolute atomic E-state index is 0.331. The van der Waals surface area contributed by atoms with E-state index >= 15 is 0 Å². The van der Waals surface area contributed by atoms with E-state index in [0.717, 1.165) is 7.11 Å². The second-order valence-electron chi connectivity index (χ2n) is 5.33. The smallest absolute Gasteiger partial charge is 0.335 e. The monoisotopic (exact) mass is 340 g/mol. The number of methoxy groups -OCH3 is 1. The van der Waals surface area contributed by atoms with Gasteiger partial charge in [-0.15, -0.1) is 0 Å². The first-order valence-electron chi connectivity index (χ1n) is 6.86. The third-order valence-electron chi connectivity index (χ3n) is 3.80. The van der Waals surface area contributed by atoms with Gasteiger partial charge in [-0.25, -0.2) is 4.79 Å². The first-order valence-corrected chi connectivity index (χ1v) is 6.86. The number of aliphatic hydroxyl groups excluding tert-OH is 5. The van der Waals surface area contributed by atoms with Crippen LogP contribution in [0, 0.1) is 0 Å². The molecule has 23 heavy (non-hydrogen) atoms. The molecule has 0 bridgehead atoms. The van der Waals surface area contributed by atoms with Gasteiger partial charge in [-0.05, 0) is 0 Å². The van der Waals surface area contributed by atoms with Gasteiger partial charge in [0.15, 0.2) is 18.7 Å². The van der Waals surface area contributed by atoms with Crippen LogP contribution in [-0.2, 0) is 23.7 Å². The van der Waals surface area contributed by atoms with E-state index < -0.39 is 61.3 Å². The highest BCUT2D eigenvalue weighted by atomic mass is 16.7. The molecule has 0 aliphatic carbocycles. The van der Waals surface area contributed by atoms with Crippen molar-refractivity contribution in [2.45, 2.75) is 55.3 Å². The molecule has 11 heteroatoms. The fraction of sp³-hybridized carbons (Fsp3) is 0.917. The molecule has 0 aromatic heterocycles. The van der Waals surface area contributed by atoms with Crippen LogP contribution in [0.2, 0.25) is 0 Å². The molecule has 0 spiro atoms. The van der Waals surface area contributed by atoms with Crippen LogP contribution in [0.15, 0.2) is 0 Å². The summed E-state index contributed by atoms with van der Waals surface area (Å²) in [5, 5.41) is 58.0. The van der Waals surface area contributed by atoms with Gasteiger partial charge in [0.25, 0.3) is 0 Å². The van der Waals surface area contributed by atoms with Crippen LogP contribution in [0.1, 0.15) is 0 Å². The first-order chi connectivity index (χ1) is 10.8. The van der Waals surface area contributed by atoms with Gasteiger partial charge in [-0.1, -0.05) is 0 Å². The molecule has 0 aromatic carbocycles. The molecular weight excluding hydrogens is 320 g/mol. The van der Waals surface area contributed by atoms with Gasteiger partial charge in [0.2, 0.25) is 0 Å². The summed E-state index contributed by atoms with van der Waals surface area (Å²) in [7, 11) is 1.14. The number of carboxylic acid groups (broad SMARTS) is 1. The number of carboxylic acids is 1. The van der Waals surface area contributed by atoms with E-state index in [1.807, 2.05) is 0 Å². The van der Waals surface area contributed by atoms with Crippen LogP contribution in [0.3, 0.4) is 0 Å². The third-order valence-corrected chi connectivity index (χ3v) is 3.80. The minimum atomic E-state index is -1.71. The summed E-state index contributed by atoms with van der Waals surface area (Å²) in [6.45, 7) is -0.331. The Hall–Kier alpha value is -0.890. The van der Waals surface area contributed by atoms with Crippen molar-refractivity contribution in [3.05, 3.63) is 0 Å². The summed E-state index contributed by atoms with van der Waals surface area (Å²) in [6, 6.07) is 0. The third kappa shape index (κ3) is 3.63. The van der Waals surface area contributed by atoms with Crippen LogP contribution >= 0.6 is 0 Å². The van der Waals surface area contributed by atoms with E-state index in [1.54, 1.807) is 0 Å². The highest BCUT2D eigenvalue weighted by Crippen LogP contribution is 2.27. The maximum atomic E-state index is 11.2. The molecule has 2 aliphatic rings. The Balaban J connectivity index is 2.13. The molecule has 0 saturated carbocycles. The molecule has 2 aliphatic heterocycles. The van der Waals surface area contributed by atoms with Crippen molar-refractivity contribution >= 4 is 5.97 Å². The van der Waals surface area contributed by atoms with Gasteiger partial charge in [0.1, 0.15) is 36.6 Å². The summed E-state index contributed by atoms with van der Waals surface area (Å²) in [4.78, 5) is 11.2. The summed E-state index contributed by atoms with van der Waals surface area (Å²) in [5.74, 6) is -1.46. The molecule has 0 amide bonds. The highest BCUT2D eigenvalue weighted by molar-refractivity contribution is 5.73. The van der Waals surface area contributed by atoms with E-state index in [0.29, 0.717) is 0 Å². The lowest BCUT2D eigenvalue weighted by Crippen LogP contribution is -2.63. The number of aliphatic hydroxyl groups is 5. The minimum Gasteiger partial charge on any atom is -0.479 e. The largest absolute Gasteiger partial charge is 0.479 e. The number of aliphatic carboxylic acids is 1. The van der Waals surface area contributed by atoms with Crippen molar-refractivity contribution in [1.29, 1.82) is 0 Å². The average molecular weight is 340 g/mol. The summed E-state index contributed by atoms with van der Waals surface area (Å²) in [5.41, 5.74) is 0. The Morgan fingerprint density at radius 2 is 1.70 bits per heavy atom. The fourth-order valence-corrected chi connectivity index (χ4v) is 2.49. The van der Waals surface area contributed by atoms with Gasteiger partial charge >= 0.3 is 5.97 Å². The van der Waals surface area contributed by atoms with Crippen LogP contribution in [0.25, 0.3) is 0 Å². The molecule has 134 valence electrons. The maximum Gasteiger partial charge on any atom is 0.335 e. The lowest BCUT2D eigenvalue weighted by molar-refractivity contribution is -0.348. The summed E-state index contributed by atoms with van der Waals surface area (Å²) < 4.78 is 19.8. The van der Waals surface area contributed by atoms with Gasteiger partial charge in [-0.2, -0.15) is 0 Å².